The molecule has 0 unspecified atom stereocenters. The minimum absolute atomic E-state index is 0.0317. The molecule has 2 N–H and O–H groups in total. The van der Waals surface area contributed by atoms with E-state index in [4.69, 9.17) is 0 Å². The van der Waals surface area contributed by atoms with E-state index in [1.807, 2.05) is 35.2 Å². The van der Waals surface area contributed by atoms with Crippen LogP contribution in [0.4, 0.5) is 4.79 Å². The average molecular weight is 333 g/mol. The lowest BCUT2D eigenvalue weighted by Crippen LogP contribution is -2.45. The molecule has 1 fully saturated rings. The van der Waals surface area contributed by atoms with Gasteiger partial charge in [0.2, 0.25) is 5.91 Å². The summed E-state index contributed by atoms with van der Waals surface area (Å²) in [5.41, 5.74) is 1.03. The summed E-state index contributed by atoms with van der Waals surface area (Å²) in [4.78, 5) is 36.8. The maximum Gasteiger partial charge on any atom is 0.321 e. The minimum atomic E-state index is -0.463. The van der Waals surface area contributed by atoms with E-state index >= 15 is 0 Å². The molecule has 0 radical (unpaired) electrons. The Morgan fingerprint density at radius 2 is 1.92 bits per heavy atom. The van der Waals surface area contributed by atoms with Crippen LogP contribution in [0.5, 0.6) is 0 Å². The van der Waals surface area contributed by atoms with E-state index in [0.717, 1.165) is 18.4 Å². The van der Waals surface area contributed by atoms with Crippen molar-refractivity contribution in [2.45, 2.75) is 31.8 Å². The first-order chi connectivity index (χ1) is 11.6. The largest absolute Gasteiger partial charge is 0.469 e. The van der Waals surface area contributed by atoms with Crippen molar-refractivity contribution >= 4 is 17.9 Å². The van der Waals surface area contributed by atoms with Crippen molar-refractivity contribution in [3.8, 4) is 0 Å². The Morgan fingerprint density at radius 1 is 1.21 bits per heavy atom. The van der Waals surface area contributed by atoms with Gasteiger partial charge in [0.1, 0.15) is 0 Å². The number of methoxy groups -OCH3 is 1. The van der Waals surface area contributed by atoms with Gasteiger partial charge < -0.3 is 10.1 Å². The van der Waals surface area contributed by atoms with E-state index < -0.39 is 11.9 Å². The molecule has 0 saturated heterocycles. The molecule has 0 aromatic heterocycles. The summed E-state index contributed by atoms with van der Waals surface area (Å²) in [7, 11) is 1.33. The number of hydrogen-bond acceptors (Lipinski definition) is 5. The van der Waals surface area contributed by atoms with Crippen molar-refractivity contribution in [1.82, 2.24) is 15.5 Å². The summed E-state index contributed by atoms with van der Waals surface area (Å²) in [6, 6.07) is 9.37. The maximum atomic E-state index is 12.0. The standard InChI is InChI=1S/C17H23N3O4/c1-24-16(22)9-10-20(11-13-5-3-2-4-6-13)12-15(21)19-17(23)18-14-7-8-14/h2-6,14H,7-12H2,1H3,(H2,18,19,21,23). The molecule has 1 aliphatic carbocycles. The highest BCUT2D eigenvalue weighted by Gasteiger charge is 2.24. The van der Waals surface area contributed by atoms with Gasteiger partial charge in [0.05, 0.1) is 20.1 Å². The van der Waals surface area contributed by atoms with Crippen molar-refractivity contribution in [3.05, 3.63) is 35.9 Å². The molecule has 1 aromatic carbocycles. The van der Waals surface area contributed by atoms with Crippen LogP contribution in [-0.4, -0.2) is 49.0 Å². The minimum Gasteiger partial charge on any atom is -0.469 e. The van der Waals surface area contributed by atoms with Gasteiger partial charge in [0.25, 0.3) is 0 Å². The molecule has 24 heavy (non-hydrogen) atoms. The third-order valence-electron chi connectivity index (χ3n) is 3.64. The fourth-order valence-corrected chi connectivity index (χ4v) is 2.23. The van der Waals surface area contributed by atoms with Crippen LogP contribution in [0.25, 0.3) is 0 Å². The molecule has 1 aliphatic rings. The Balaban J connectivity index is 1.86. The van der Waals surface area contributed by atoms with Crippen molar-refractivity contribution < 1.29 is 19.1 Å². The van der Waals surface area contributed by atoms with Crippen molar-refractivity contribution in [3.63, 3.8) is 0 Å². The monoisotopic (exact) mass is 333 g/mol. The molecular formula is C17H23N3O4. The van der Waals surface area contributed by atoms with E-state index in [9.17, 15) is 14.4 Å². The van der Waals surface area contributed by atoms with E-state index in [1.165, 1.54) is 7.11 Å². The van der Waals surface area contributed by atoms with Crippen LogP contribution in [0.3, 0.4) is 0 Å². The zero-order chi connectivity index (χ0) is 17.4. The summed E-state index contributed by atoms with van der Waals surface area (Å²) in [6.07, 6.45) is 2.10. The van der Waals surface area contributed by atoms with Crippen LogP contribution < -0.4 is 10.6 Å². The number of nitrogens with zero attached hydrogens (tertiary/aromatic N) is 1. The zero-order valence-electron chi connectivity index (χ0n) is 13.8. The Morgan fingerprint density at radius 3 is 2.54 bits per heavy atom. The van der Waals surface area contributed by atoms with Gasteiger partial charge in [-0.05, 0) is 18.4 Å². The van der Waals surface area contributed by atoms with Crippen LogP contribution in [0.1, 0.15) is 24.8 Å². The normalized spacial score (nSPS) is 13.4. The van der Waals surface area contributed by atoms with E-state index in [-0.39, 0.29) is 25.0 Å². The number of amides is 3. The van der Waals surface area contributed by atoms with E-state index in [1.54, 1.807) is 0 Å². The highest BCUT2D eigenvalue weighted by atomic mass is 16.5. The molecule has 7 nitrogen and oxygen atoms in total. The Bertz CT molecular complexity index is 572. The average Bonchev–Trinajstić information content (AvgIpc) is 3.36. The second-order valence-corrected chi connectivity index (χ2v) is 5.82. The smallest absolute Gasteiger partial charge is 0.321 e. The van der Waals surface area contributed by atoms with Gasteiger partial charge in [-0.25, -0.2) is 4.79 Å². The molecule has 0 bridgehead atoms. The Hall–Kier alpha value is -2.41. The Kier molecular flexibility index (Phi) is 6.74. The number of carbonyl (C=O) groups excluding carboxylic acids is 3. The number of imide groups is 1. The van der Waals surface area contributed by atoms with E-state index in [2.05, 4.69) is 15.4 Å². The third kappa shape index (κ3) is 6.78. The second-order valence-electron chi connectivity index (χ2n) is 5.82. The van der Waals surface area contributed by atoms with Gasteiger partial charge >= 0.3 is 12.0 Å². The predicted octanol–water partition coefficient (Wildman–Crippen LogP) is 1.04. The van der Waals surface area contributed by atoms with Gasteiger partial charge in [-0.15, -0.1) is 0 Å². The highest BCUT2D eigenvalue weighted by Crippen LogP contribution is 2.18. The first-order valence-corrected chi connectivity index (χ1v) is 8.00. The molecule has 0 heterocycles. The van der Waals surface area contributed by atoms with Gasteiger partial charge in [-0.2, -0.15) is 0 Å². The molecule has 0 spiro atoms. The van der Waals surface area contributed by atoms with Gasteiger partial charge in [-0.1, -0.05) is 30.3 Å². The van der Waals surface area contributed by atoms with Crippen LogP contribution >= 0.6 is 0 Å². The number of carbonyl (C=O) groups is 3. The Labute approximate surface area is 141 Å². The number of esters is 1. The van der Waals surface area contributed by atoms with Crippen LogP contribution in [-0.2, 0) is 20.9 Å². The molecule has 130 valence electrons. The summed E-state index contributed by atoms with van der Waals surface area (Å²) in [6.45, 7) is 0.915. The number of ether oxygens (including phenoxy) is 1. The van der Waals surface area contributed by atoms with Gasteiger partial charge in [0.15, 0.2) is 0 Å². The molecule has 7 heteroatoms. The predicted molar refractivity (Wildman–Crippen MR) is 88.0 cm³/mol. The number of nitrogens with one attached hydrogen (secondary N) is 2. The summed E-state index contributed by atoms with van der Waals surface area (Å²) in [5, 5.41) is 5.03. The first-order valence-electron chi connectivity index (χ1n) is 8.00. The quantitative estimate of drug-likeness (QED) is 0.694. The number of urea groups is 1. The van der Waals surface area contributed by atoms with E-state index in [0.29, 0.717) is 13.1 Å². The number of hydrogen-bond donors (Lipinski definition) is 2. The SMILES string of the molecule is COC(=O)CCN(CC(=O)NC(=O)NC1CC1)Cc1ccccc1. The summed E-state index contributed by atoms with van der Waals surface area (Å²) >= 11 is 0. The molecule has 3 amide bonds. The zero-order valence-corrected chi connectivity index (χ0v) is 13.8. The van der Waals surface area contributed by atoms with Crippen molar-refractivity contribution in [1.29, 1.82) is 0 Å². The highest BCUT2D eigenvalue weighted by molar-refractivity contribution is 5.95. The number of benzene rings is 1. The summed E-state index contributed by atoms with van der Waals surface area (Å²) in [5.74, 6) is -0.728. The van der Waals surface area contributed by atoms with Crippen LogP contribution in [0.2, 0.25) is 0 Å². The van der Waals surface area contributed by atoms with Crippen molar-refractivity contribution in [2.24, 2.45) is 0 Å². The molecule has 2 rings (SSSR count). The fourth-order valence-electron chi connectivity index (χ4n) is 2.23. The molecule has 0 aliphatic heterocycles. The van der Waals surface area contributed by atoms with Crippen LogP contribution in [0.15, 0.2) is 30.3 Å². The van der Waals surface area contributed by atoms with Gasteiger partial charge in [0, 0.05) is 19.1 Å². The lowest BCUT2D eigenvalue weighted by Gasteiger charge is -2.21. The maximum absolute atomic E-state index is 12.0. The lowest BCUT2D eigenvalue weighted by molar-refractivity contribution is -0.141. The third-order valence-corrected chi connectivity index (χ3v) is 3.64. The number of rotatable bonds is 8. The summed E-state index contributed by atoms with van der Waals surface area (Å²) < 4.78 is 4.64. The topological polar surface area (TPSA) is 87.7 Å². The molecule has 0 atom stereocenters. The van der Waals surface area contributed by atoms with Crippen molar-refractivity contribution in [2.75, 3.05) is 20.2 Å². The molecule has 1 aromatic rings. The second kappa shape index (κ2) is 9.02. The van der Waals surface area contributed by atoms with Crippen LogP contribution in [0, 0.1) is 0 Å². The lowest BCUT2D eigenvalue weighted by atomic mass is 10.2. The molecular weight excluding hydrogens is 310 g/mol. The first kappa shape index (κ1) is 17.9. The fraction of sp³-hybridized carbons (Fsp3) is 0.471. The van der Waals surface area contributed by atoms with Gasteiger partial charge in [-0.3, -0.25) is 19.8 Å². The molecule has 1 saturated carbocycles.